The van der Waals surface area contributed by atoms with Gasteiger partial charge in [0.05, 0.1) is 18.5 Å². The first-order valence-corrected chi connectivity index (χ1v) is 6.79. The van der Waals surface area contributed by atoms with Gasteiger partial charge in [0.2, 0.25) is 5.91 Å². The molecule has 1 aromatic heterocycles. The molecule has 1 amide bonds. The quantitative estimate of drug-likeness (QED) is 0.781. The molecule has 0 bridgehead atoms. The Labute approximate surface area is 117 Å². The number of nitrogens with one attached hydrogen (secondary N) is 1. The van der Waals surface area contributed by atoms with Crippen molar-refractivity contribution in [1.82, 2.24) is 20.0 Å². The fourth-order valence-corrected chi connectivity index (χ4v) is 2.21. The maximum atomic E-state index is 11.9. The van der Waals surface area contributed by atoms with Crippen LogP contribution in [0.4, 0.5) is 0 Å². The molecule has 0 aliphatic carbocycles. The zero-order chi connectivity index (χ0) is 14.5. The summed E-state index contributed by atoms with van der Waals surface area (Å²) in [5, 5.41) is 6.96. The molecule has 20 heavy (non-hydrogen) atoms. The highest BCUT2D eigenvalue weighted by Crippen LogP contribution is 2.13. The Morgan fingerprint density at radius 1 is 1.50 bits per heavy atom. The van der Waals surface area contributed by atoms with Crippen molar-refractivity contribution in [3.63, 3.8) is 0 Å². The number of ether oxygens (including phenoxy) is 1. The Morgan fingerprint density at radius 3 is 3.05 bits per heavy atom. The Hall–Kier alpha value is -1.89. The van der Waals surface area contributed by atoms with Crippen LogP contribution in [0.3, 0.4) is 0 Å². The highest BCUT2D eigenvalue weighted by atomic mass is 16.5. The summed E-state index contributed by atoms with van der Waals surface area (Å²) in [5.74, 6) is -0.275. The van der Waals surface area contributed by atoms with Crippen molar-refractivity contribution in [2.24, 2.45) is 7.05 Å². The summed E-state index contributed by atoms with van der Waals surface area (Å²) in [6.07, 6.45) is 2.02. The first kappa shape index (κ1) is 14.5. The van der Waals surface area contributed by atoms with Crippen LogP contribution >= 0.6 is 0 Å². The molecule has 1 fully saturated rings. The summed E-state index contributed by atoms with van der Waals surface area (Å²) < 4.78 is 6.72. The van der Waals surface area contributed by atoms with Crippen LogP contribution in [-0.2, 0) is 23.1 Å². The number of esters is 1. The third-order valence-electron chi connectivity index (χ3n) is 3.34. The molecule has 0 unspecified atom stereocenters. The van der Waals surface area contributed by atoms with Crippen LogP contribution in [0.5, 0.6) is 0 Å². The fourth-order valence-electron chi connectivity index (χ4n) is 2.21. The van der Waals surface area contributed by atoms with Crippen molar-refractivity contribution in [3.8, 4) is 0 Å². The smallest absolute Gasteiger partial charge is 0.341 e. The van der Waals surface area contributed by atoms with E-state index < -0.39 is 0 Å². The highest BCUT2D eigenvalue weighted by Gasteiger charge is 2.21. The van der Waals surface area contributed by atoms with Crippen LogP contribution in [0.25, 0.3) is 0 Å². The van der Waals surface area contributed by atoms with E-state index in [1.807, 2.05) is 0 Å². The SMILES string of the molecule is CCOC(=O)c1cnn(C)c1CN1CCNC(=O)CC1. The predicted molar refractivity (Wildman–Crippen MR) is 72.1 cm³/mol. The second-order valence-corrected chi connectivity index (χ2v) is 4.73. The normalized spacial score (nSPS) is 16.6. The highest BCUT2D eigenvalue weighted by molar-refractivity contribution is 5.90. The van der Waals surface area contributed by atoms with Gasteiger partial charge in [-0.15, -0.1) is 0 Å². The van der Waals surface area contributed by atoms with Crippen molar-refractivity contribution in [1.29, 1.82) is 0 Å². The van der Waals surface area contributed by atoms with E-state index in [0.29, 0.717) is 38.2 Å². The predicted octanol–water partition coefficient (Wildman–Crippen LogP) is -0.0813. The molecular weight excluding hydrogens is 260 g/mol. The number of amides is 1. The number of aryl methyl sites for hydroxylation is 1. The number of carbonyl (C=O) groups is 2. The minimum absolute atomic E-state index is 0.0723. The zero-order valence-electron chi connectivity index (χ0n) is 11.9. The maximum absolute atomic E-state index is 11.9. The number of rotatable bonds is 4. The molecule has 7 nitrogen and oxygen atoms in total. The number of hydrogen-bond donors (Lipinski definition) is 1. The van der Waals surface area contributed by atoms with Gasteiger partial charge >= 0.3 is 5.97 Å². The minimum Gasteiger partial charge on any atom is -0.462 e. The molecule has 0 aromatic carbocycles. The molecule has 110 valence electrons. The van der Waals surface area contributed by atoms with Gasteiger partial charge in [-0.2, -0.15) is 5.10 Å². The molecular formula is C13H20N4O3. The number of carbonyl (C=O) groups excluding carboxylic acids is 2. The van der Waals surface area contributed by atoms with Gasteiger partial charge in [0.1, 0.15) is 5.56 Å². The van der Waals surface area contributed by atoms with E-state index in [0.717, 1.165) is 12.2 Å². The van der Waals surface area contributed by atoms with E-state index in [-0.39, 0.29) is 11.9 Å². The van der Waals surface area contributed by atoms with Crippen molar-refractivity contribution < 1.29 is 14.3 Å². The summed E-state index contributed by atoms with van der Waals surface area (Å²) in [5.41, 5.74) is 1.32. The van der Waals surface area contributed by atoms with Gasteiger partial charge in [-0.1, -0.05) is 0 Å². The van der Waals surface area contributed by atoms with Crippen molar-refractivity contribution in [2.45, 2.75) is 19.9 Å². The van der Waals surface area contributed by atoms with Crippen LogP contribution in [-0.4, -0.2) is 52.8 Å². The summed E-state index contributed by atoms with van der Waals surface area (Å²) >= 11 is 0. The van der Waals surface area contributed by atoms with Crippen LogP contribution in [0.2, 0.25) is 0 Å². The molecule has 2 rings (SSSR count). The average Bonchev–Trinajstić information content (AvgIpc) is 2.64. The summed E-state index contributed by atoms with van der Waals surface area (Å²) in [4.78, 5) is 25.3. The Kier molecular flexibility index (Phi) is 4.73. The molecule has 1 saturated heterocycles. The van der Waals surface area contributed by atoms with Gasteiger partial charge in [0.25, 0.3) is 0 Å². The standard InChI is InChI=1S/C13H20N4O3/c1-3-20-13(19)10-8-15-16(2)11(10)9-17-6-4-12(18)14-5-7-17/h8H,3-7,9H2,1-2H3,(H,14,18). The van der Waals surface area contributed by atoms with Crippen molar-refractivity contribution in [3.05, 3.63) is 17.5 Å². The van der Waals surface area contributed by atoms with Crippen LogP contribution in [0.1, 0.15) is 29.4 Å². The topological polar surface area (TPSA) is 76.5 Å². The molecule has 1 aromatic rings. The number of hydrogen-bond acceptors (Lipinski definition) is 5. The second kappa shape index (κ2) is 6.51. The Bertz CT molecular complexity index is 498. The largest absolute Gasteiger partial charge is 0.462 e. The molecule has 1 aliphatic rings. The molecule has 0 atom stereocenters. The molecule has 2 heterocycles. The van der Waals surface area contributed by atoms with Crippen LogP contribution in [0, 0.1) is 0 Å². The van der Waals surface area contributed by atoms with Crippen LogP contribution in [0.15, 0.2) is 6.20 Å². The third kappa shape index (κ3) is 3.36. The lowest BCUT2D eigenvalue weighted by Crippen LogP contribution is -2.29. The first-order chi connectivity index (χ1) is 9.61. The van der Waals surface area contributed by atoms with Crippen molar-refractivity contribution >= 4 is 11.9 Å². The van der Waals surface area contributed by atoms with E-state index in [2.05, 4.69) is 15.3 Å². The molecule has 1 N–H and O–H groups in total. The summed E-state index contributed by atoms with van der Waals surface area (Å²) in [7, 11) is 1.80. The molecule has 7 heteroatoms. The van der Waals surface area contributed by atoms with E-state index in [4.69, 9.17) is 4.74 Å². The van der Waals surface area contributed by atoms with E-state index >= 15 is 0 Å². The lowest BCUT2D eigenvalue weighted by Gasteiger charge is -2.19. The van der Waals surface area contributed by atoms with Gasteiger partial charge in [0.15, 0.2) is 0 Å². The van der Waals surface area contributed by atoms with E-state index in [9.17, 15) is 9.59 Å². The van der Waals surface area contributed by atoms with Gasteiger partial charge in [0, 0.05) is 39.6 Å². The van der Waals surface area contributed by atoms with Crippen LogP contribution < -0.4 is 5.32 Å². The average molecular weight is 280 g/mol. The first-order valence-electron chi connectivity index (χ1n) is 6.79. The Morgan fingerprint density at radius 2 is 2.30 bits per heavy atom. The third-order valence-corrected chi connectivity index (χ3v) is 3.34. The lowest BCUT2D eigenvalue weighted by atomic mass is 10.2. The number of nitrogens with zero attached hydrogens (tertiary/aromatic N) is 3. The monoisotopic (exact) mass is 280 g/mol. The summed E-state index contributed by atoms with van der Waals surface area (Å²) in [6.45, 7) is 4.78. The van der Waals surface area contributed by atoms with Gasteiger partial charge in [-0.25, -0.2) is 4.79 Å². The van der Waals surface area contributed by atoms with Gasteiger partial charge in [-0.3, -0.25) is 14.4 Å². The Balaban J connectivity index is 2.10. The number of aromatic nitrogens is 2. The molecule has 1 aliphatic heterocycles. The van der Waals surface area contributed by atoms with Gasteiger partial charge < -0.3 is 10.1 Å². The van der Waals surface area contributed by atoms with Crippen molar-refractivity contribution in [2.75, 3.05) is 26.2 Å². The molecule has 0 saturated carbocycles. The lowest BCUT2D eigenvalue weighted by molar-refractivity contribution is -0.120. The second-order valence-electron chi connectivity index (χ2n) is 4.73. The van der Waals surface area contributed by atoms with E-state index in [1.54, 1.807) is 18.7 Å². The minimum atomic E-state index is -0.348. The van der Waals surface area contributed by atoms with E-state index in [1.165, 1.54) is 6.20 Å². The maximum Gasteiger partial charge on any atom is 0.341 e. The summed E-state index contributed by atoms with van der Waals surface area (Å²) in [6, 6.07) is 0. The zero-order valence-corrected chi connectivity index (χ0v) is 11.9. The molecule has 0 spiro atoms. The van der Waals surface area contributed by atoms with Gasteiger partial charge in [-0.05, 0) is 6.92 Å². The fraction of sp³-hybridized carbons (Fsp3) is 0.615. The molecule has 0 radical (unpaired) electrons.